The molecule has 1 aliphatic rings. The minimum absolute atomic E-state index is 0. The van der Waals surface area contributed by atoms with Crippen LogP contribution in [0.25, 0.3) is 10.9 Å². The van der Waals surface area contributed by atoms with Gasteiger partial charge < -0.3 is 52.4 Å². The number of aliphatic hydroxyl groups is 1. The fourth-order valence-electron chi connectivity index (χ4n) is 7.37. The van der Waals surface area contributed by atoms with Gasteiger partial charge in [0.2, 0.25) is 35.4 Å². The number of aliphatic hydroxyl groups excluding tert-OH is 1. The topological polar surface area (TPSA) is 248 Å². The number of nitrogens with zero attached hydrogens (tertiary/aromatic N) is 1. The van der Waals surface area contributed by atoms with Gasteiger partial charge in [-0.1, -0.05) is 75.5 Å². The van der Waals surface area contributed by atoms with Gasteiger partial charge in [0.05, 0.1) is 6.10 Å². The molecule has 10 N–H and O–H groups in total. The van der Waals surface area contributed by atoms with Crippen LogP contribution in [0.2, 0.25) is 0 Å². The Kier molecular flexibility index (Phi) is 20.1. The number of rotatable bonds is 13. The van der Waals surface area contributed by atoms with Crippen molar-refractivity contribution < 1.29 is 39.0 Å². The molecule has 342 valence electrons. The van der Waals surface area contributed by atoms with Crippen LogP contribution in [0.5, 0.6) is 5.75 Å². The van der Waals surface area contributed by atoms with Crippen LogP contribution in [0, 0.1) is 0 Å². The highest BCUT2D eigenvalue weighted by Gasteiger charge is 2.38. The number of hydrogen-bond donors (Lipinski definition) is 10. The standard InChI is InChI=1S/C44H56N8O8S.2CH4/c1-26(53)38-43(59)50-36(23-27-10-4-3-5-11-27)44(60)52(2)37(19-21-61)42(58)49-34(22-28-15-17-30(54)18-16-28)40(56)48-35(24-29-25-46-32-13-7-6-12-31(29)32)41(57)47-33(39(55)51-38)14-8-9-20-45;;/h3-7,10-13,15-18,25-26,33-38,46,53-54,61H,8-9,14,19-24,45H2,1-2H3,(H,47,57)(H,48,56)(H,49,58)(H,50,59)(H,51,55);2*1H4/t26?,33-,34-,35+,36-,37-,38-;;/m0../s1. The number of aromatic nitrogens is 1. The Hall–Kier alpha value is -5.91. The molecule has 6 amide bonds. The smallest absolute Gasteiger partial charge is 0.245 e. The average molecular weight is 889 g/mol. The molecule has 4 aromatic rings. The summed E-state index contributed by atoms with van der Waals surface area (Å²) in [6, 6.07) is 14.5. The largest absolute Gasteiger partial charge is 0.508 e. The van der Waals surface area contributed by atoms with Crippen molar-refractivity contribution >= 4 is 59.0 Å². The molecular formula is C46H64N8O8S. The van der Waals surface area contributed by atoms with Crippen LogP contribution in [-0.2, 0) is 48.0 Å². The number of amides is 6. The summed E-state index contributed by atoms with van der Waals surface area (Å²) in [7, 11) is 1.41. The Bertz CT molecular complexity index is 2130. The molecule has 1 aromatic heterocycles. The highest BCUT2D eigenvalue weighted by Crippen LogP contribution is 2.20. The van der Waals surface area contributed by atoms with Crippen LogP contribution in [0.1, 0.15) is 64.2 Å². The van der Waals surface area contributed by atoms with E-state index in [9.17, 15) is 39.0 Å². The summed E-state index contributed by atoms with van der Waals surface area (Å²) >= 11 is 4.37. The Morgan fingerprint density at radius 3 is 1.87 bits per heavy atom. The molecule has 17 heteroatoms. The van der Waals surface area contributed by atoms with Gasteiger partial charge >= 0.3 is 0 Å². The third-order valence-corrected chi connectivity index (χ3v) is 11.1. The summed E-state index contributed by atoms with van der Waals surface area (Å²) < 4.78 is 0. The molecule has 0 saturated carbocycles. The normalized spacial score (nSPS) is 22.2. The number of unbranched alkanes of at least 4 members (excludes halogenated alkanes) is 1. The van der Waals surface area contributed by atoms with E-state index in [-0.39, 0.29) is 58.5 Å². The third kappa shape index (κ3) is 14.0. The average Bonchev–Trinajstić information content (AvgIpc) is 3.66. The molecule has 3 aromatic carbocycles. The van der Waals surface area contributed by atoms with E-state index in [1.165, 1.54) is 31.0 Å². The Morgan fingerprint density at radius 1 is 0.667 bits per heavy atom. The number of nitrogens with two attached hydrogens (primary N) is 1. The summed E-state index contributed by atoms with van der Waals surface area (Å²) in [6.45, 7) is 1.63. The number of fused-ring (bicyclic) bond motifs is 1. The number of likely N-dealkylation sites (N-methyl/N-ethyl adjacent to an activating group) is 1. The molecule has 1 unspecified atom stereocenters. The highest BCUT2D eigenvalue weighted by molar-refractivity contribution is 7.80. The molecule has 1 fully saturated rings. The molecule has 63 heavy (non-hydrogen) atoms. The van der Waals surface area contributed by atoms with Crippen molar-refractivity contribution in [3.63, 3.8) is 0 Å². The van der Waals surface area contributed by atoms with Crippen LogP contribution in [0.15, 0.2) is 85.1 Å². The van der Waals surface area contributed by atoms with E-state index >= 15 is 0 Å². The van der Waals surface area contributed by atoms with Crippen molar-refractivity contribution in [2.24, 2.45) is 5.73 Å². The van der Waals surface area contributed by atoms with E-state index < -0.39 is 77.8 Å². The molecule has 0 aliphatic carbocycles. The fourth-order valence-corrected chi connectivity index (χ4v) is 7.62. The second-order valence-electron chi connectivity index (χ2n) is 15.4. The lowest BCUT2D eigenvalue weighted by molar-refractivity contribution is -0.143. The molecule has 0 spiro atoms. The number of nitrogens with one attached hydrogen (secondary N) is 6. The van der Waals surface area contributed by atoms with Crippen molar-refractivity contribution in [3.8, 4) is 5.75 Å². The predicted octanol–water partition coefficient (Wildman–Crippen LogP) is 2.27. The van der Waals surface area contributed by atoms with E-state index in [4.69, 9.17) is 5.73 Å². The molecule has 7 atom stereocenters. The Labute approximate surface area is 374 Å². The molecule has 1 saturated heterocycles. The van der Waals surface area contributed by atoms with Crippen LogP contribution < -0.4 is 32.3 Å². The predicted molar refractivity (Wildman–Crippen MR) is 247 cm³/mol. The zero-order valence-corrected chi connectivity index (χ0v) is 35.2. The van der Waals surface area contributed by atoms with Gasteiger partial charge in [0, 0.05) is 43.4 Å². The number of H-pyrrole nitrogens is 1. The summed E-state index contributed by atoms with van der Waals surface area (Å²) in [5, 5.41) is 35.4. The maximum atomic E-state index is 14.5. The molecule has 0 bridgehead atoms. The minimum atomic E-state index is -1.56. The quantitative estimate of drug-likeness (QED) is 0.0698. The summed E-state index contributed by atoms with van der Waals surface area (Å²) in [5.41, 5.74) is 8.50. The van der Waals surface area contributed by atoms with Crippen molar-refractivity contribution in [2.75, 3.05) is 19.3 Å². The van der Waals surface area contributed by atoms with Gasteiger partial charge in [0.25, 0.3) is 0 Å². The zero-order valence-electron chi connectivity index (χ0n) is 34.3. The molecule has 0 radical (unpaired) electrons. The zero-order chi connectivity index (χ0) is 44.1. The molecular weight excluding hydrogens is 825 g/mol. The second-order valence-corrected chi connectivity index (χ2v) is 15.8. The summed E-state index contributed by atoms with van der Waals surface area (Å²) in [4.78, 5) is 90.3. The van der Waals surface area contributed by atoms with Gasteiger partial charge in [0.15, 0.2) is 0 Å². The number of phenols is 1. The van der Waals surface area contributed by atoms with Crippen molar-refractivity contribution in [2.45, 2.75) is 109 Å². The molecule has 1 aliphatic heterocycles. The van der Waals surface area contributed by atoms with Gasteiger partial charge in [-0.3, -0.25) is 28.8 Å². The minimum Gasteiger partial charge on any atom is -0.508 e. The van der Waals surface area contributed by atoms with Crippen molar-refractivity contribution in [1.29, 1.82) is 0 Å². The second kappa shape index (κ2) is 24.7. The molecule has 5 rings (SSSR count). The summed E-state index contributed by atoms with van der Waals surface area (Å²) in [5.74, 6) is -4.28. The number of thiol groups is 1. The number of phenolic OH excluding ortho intramolecular Hbond substituents is 1. The number of hydrogen-bond acceptors (Lipinski definition) is 10. The van der Waals surface area contributed by atoms with E-state index in [0.717, 1.165) is 10.9 Å². The van der Waals surface area contributed by atoms with Crippen LogP contribution in [-0.4, -0.2) is 117 Å². The first kappa shape index (κ1) is 51.4. The van der Waals surface area contributed by atoms with Crippen molar-refractivity contribution in [3.05, 3.63) is 102 Å². The summed E-state index contributed by atoms with van der Waals surface area (Å²) in [6.07, 6.45) is 1.26. The van der Waals surface area contributed by atoms with Gasteiger partial charge in [-0.25, -0.2) is 0 Å². The Morgan fingerprint density at radius 2 is 1.22 bits per heavy atom. The number of aromatic hydroxyl groups is 1. The number of carbonyl (C=O) groups excluding carboxylic acids is 6. The van der Waals surface area contributed by atoms with Gasteiger partial charge in [-0.05, 0) is 79.8 Å². The monoisotopic (exact) mass is 888 g/mol. The maximum Gasteiger partial charge on any atom is 0.245 e. The first-order valence-corrected chi connectivity index (χ1v) is 21.1. The van der Waals surface area contributed by atoms with Gasteiger partial charge in [-0.15, -0.1) is 0 Å². The first-order valence-electron chi connectivity index (χ1n) is 20.4. The van der Waals surface area contributed by atoms with E-state index in [1.807, 2.05) is 24.3 Å². The number of aromatic amines is 1. The number of carbonyl (C=O) groups is 6. The van der Waals surface area contributed by atoms with Crippen LogP contribution in [0.3, 0.4) is 0 Å². The van der Waals surface area contributed by atoms with Crippen molar-refractivity contribution in [1.82, 2.24) is 36.5 Å². The van der Waals surface area contributed by atoms with Gasteiger partial charge in [-0.2, -0.15) is 12.6 Å². The lowest BCUT2D eigenvalue weighted by Gasteiger charge is -2.33. The number of para-hydroxylation sites is 1. The van der Waals surface area contributed by atoms with E-state index in [2.05, 4.69) is 44.2 Å². The van der Waals surface area contributed by atoms with E-state index in [1.54, 1.807) is 48.7 Å². The van der Waals surface area contributed by atoms with E-state index in [0.29, 0.717) is 36.1 Å². The van der Waals surface area contributed by atoms with Crippen LogP contribution >= 0.6 is 12.6 Å². The van der Waals surface area contributed by atoms with Crippen LogP contribution in [0.4, 0.5) is 0 Å². The lowest BCUT2D eigenvalue weighted by Crippen LogP contribution is -2.63. The SMILES string of the molecule is C.C.CC(O)[C@@H]1NC(=O)[C@H](CCCCN)NC(=O)[C@@H](Cc2c[nH]c3ccccc23)NC(=O)[C@H](Cc2ccc(O)cc2)NC(=O)[C@H](CCS)N(C)C(=O)[C@H](Cc2ccccc2)NC1=O. The fraction of sp³-hybridized carbons (Fsp3) is 0.435. The molecule has 2 heterocycles. The first-order chi connectivity index (χ1) is 29.3. The highest BCUT2D eigenvalue weighted by atomic mass is 32.1. The third-order valence-electron chi connectivity index (χ3n) is 10.8. The lowest BCUT2D eigenvalue weighted by atomic mass is 10.00. The number of benzene rings is 3. The van der Waals surface area contributed by atoms with Gasteiger partial charge in [0.1, 0.15) is 42.0 Å². The maximum absolute atomic E-state index is 14.5. The Balaban J connectivity index is 0.00000528. The molecule has 16 nitrogen and oxygen atoms in total.